The van der Waals surface area contributed by atoms with Crippen LogP contribution in [0.1, 0.15) is 10.4 Å². The van der Waals surface area contributed by atoms with Crippen molar-refractivity contribution in [3.63, 3.8) is 0 Å². The van der Waals surface area contributed by atoms with Gasteiger partial charge in [-0.1, -0.05) is 0 Å². The molecule has 1 aromatic rings. The zero-order chi connectivity index (χ0) is 13.2. The van der Waals surface area contributed by atoms with Crippen molar-refractivity contribution in [2.75, 3.05) is 7.11 Å². The van der Waals surface area contributed by atoms with E-state index in [1.54, 1.807) is 0 Å². The van der Waals surface area contributed by atoms with Crippen molar-refractivity contribution in [1.82, 2.24) is 4.98 Å². The molecule has 0 N–H and O–H groups in total. The maximum absolute atomic E-state index is 12.0. The second-order valence-corrected chi connectivity index (χ2v) is 4.06. The third-order valence-corrected chi connectivity index (χ3v) is 2.77. The van der Waals surface area contributed by atoms with Crippen LogP contribution in [0.15, 0.2) is 6.20 Å². The fourth-order valence-electron chi connectivity index (χ4n) is 0.972. The van der Waals surface area contributed by atoms with E-state index in [2.05, 4.69) is 9.72 Å². The summed E-state index contributed by atoms with van der Waals surface area (Å²) in [5, 5.41) is -0.958. The molecule has 94 valence electrons. The lowest BCUT2D eigenvalue weighted by Gasteiger charge is -2.12. The van der Waals surface area contributed by atoms with Crippen molar-refractivity contribution in [3.05, 3.63) is 15.3 Å². The van der Waals surface area contributed by atoms with Gasteiger partial charge in [-0.3, -0.25) is 4.79 Å². The molecular formula is C8H4ClF3INO3. The Morgan fingerprint density at radius 3 is 2.53 bits per heavy atom. The number of carbonyl (C=O) groups excluding carboxylic acids is 1. The van der Waals surface area contributed by atoms with Crippen molar-refractivity contribution in [2.45, 2.75) is 6.36 Å². The quantitative estimate of drug-likeness (QED) is 0.597. The first-order valence-electron chi connectivity index (χ1n) is 3.94. The highest BCUT2D eigenvalue weighted by Gasteiger charge is 2.34. The fraction of sp³-hybridized carbons (Fsp3) is 0.250. The van der Waals surface area contributed by atoms with Crippen molar-refractivity contribution in [3.8, 4) is 11.6 Å². The third kappa shape index (κ3) is 3.60. The summed E-state index contributed by atoms with van der Waals surface area (Å²) in [5.41, 5.74) is -0.219. The predicted molar refractivity (Wildman–Crippen MR) is 60.4 cm³/mol. The van der Waals surface area contributed by atoms with E-state index in [9.17, 15) is 18.0 Å². The van der Waals surface area contributed by atoms with E-state index in [1.165, 1.54) is 29.7 Å². The minimum atomic E-state index is -4.89. The van der Waals surface area contributed by atoms with Crippen molar-refractivity contribution < 1.29 is 27.4 Å². The molecule has 0 aliphatic carbocycles. The van der Waals surface area contributed by atoms with Crippen molar-refractivity contribution in [1.29, 1.82) is 0 Å². The first kappa shape index (κ1) is 14.3. The first-order valence-corrected chi connectivity index (χ1v) is 5.40. The number of alkyl halides is 3. The van der Waals surface area contributed by atoms with Crippen LogP contribution < -0.4 is 9.47 Å². The minimum absolute atomic E-state index is 0.0241. The van der Waals surface area contributed by atoms with Crippen LogP contribution >= 0.6 is 34.2 Å². The molecule has 0 saturated carbocycles. The standard InChI is InChI=1S/C8H4ClF3INO3/c1-16-3-2-14-7(17-8(10,11)12)5(13)4(3)6(9)15/h2H,1H3. The summed E-state index contributed by atoms with van der Waals surface area (Å²) in [5.74, 6) is -0.771. The molecule has 0 radical (unpaired) electrons. The Morgan fingerprint density at radius 2 is 2.12 bits per heavy atom. The smallest absolute Gasteiger partial charge is 0.494 e. The third-order valence-electron chi connectivity index (χ3n) is 1.58. The van der Waals surface area contributed by atoms with Gasteiger partial charge in [-0.15, -0.1) is 13.2 Å². The Balaban J connectivity index is 3.28. The molecule has 0 bridgehead atoms. The molecular weight excluding hydrogens is 377 g/mol. The molecule has 1 aromatic heterocycles. The van der Waals surface area contributed by atoms with E-state index in [4.69, 9.17) is 16.3 Å². The zero-order valence-electron chi connectivity index (χ0n) is 8.14. The molecule has 9 heteroatoms. The first-order chi connectivity index (χ1) is 7.76. The zero-order valence-corrected chi connectivity index (χ0v) is 11.1. The Labute approximate surface area is 112 Å². The second kappa shape index (κ2) is 5.25. The largest absolute Gasteiger partial charge is 0.574 e. The van der Waals surface area contributed by atoms with E-state index in [1.807, 2.05) is 0 Å². The lowest BCUT2D eigenvalue weighted by atomic mass is 10.2. The monoisotopic (exact) mass is 381 g/mol. The Hall–Kier alpha value is -0.770. The minimum Gasteiger partial charge on any atom is -0.494 e. The van der Waals surface area contributed by atoms with Crippen LogP contribution in [0.25, 0.3) is 0 Å². The Bertz CT molecular complexity index is 452. The average Bonchev–Trinajstić information content (AvgIpc) is 2.18. The number of pyridine rings is 1. The number of hydrogen-bond acceptors (Lipinski definition) is 4. The highest BCUT2D eigenvalue weighted by atomic mass is 127. The molecule has 0 aliphatic rings. The summed E-state index contributed by atoms with van der Waals surface area (Å²) in [6.45, 7) is 0. The van der Waals surface area contributed by atoms with Gasteiger partial charge in [0.2, 0.25) is 5.88 Å². The second-order valence-electron chi connectivity index (χ2n) is 2.64. The number of methoxy groups -OCH3 is 1. The van der Waals surface area contributed by atoms with Gasteiger partial charge in [0, 0.05) is 0 Å². The molecule has 0 aliphatic heterocycles. The number of hydrogen-bond donors (Lipinski definition) is 0. The lowest BCUT2D eigenvalue weighted by molar-refractivity contribution is -0.276. The van der Waals surface area contributed by atoms with Crippen LogP contribution in [-0.2, 0) is 0 Å². The highest BCUT2D eigenvalue weighted by molar-refractivity contribution is 14.1. The molecule has 4 nitrogen and oxygen atoms in total. The molecule has 0 spiro atoms. The number of nitrogens with zero attached hydrogens (tertiary/aromatic N) is 1. The normalized spacial score (nSPS) is 11.2. The Kier molecular flexibility index (Phi) is 4.42. The summed E-state index contributed by atoms with van der Waals surface area (Å²) in [6, 6.07) is 0. The van der Waals surface area contributed by atoms with Crippen molar-refractivity contribution >= 4 is 39.4 Å². The van der Waals surface area contributed by atoms with E-state index >= 15 is 0 Å². The molecule has 0 aromatic carbocycles. The van der Waals surface area contributed by atoms with E-state index in [-0.39, 0.29) is 14.9 Å². The summed E-state index contributed by atoms with van der Waals surface area (Å²) in [6.07, 6.45) is -3.97. The van der Waals surface area contributed by atoms with E-state index in [0.29, 0.717) is 0 Å². The van der Waals surface area contributed by atoms with Gasteiger partial charge in [-0.25, -0.2) is 4.98 Å². The van der Waals surface area contributed by atoms with Gasteiger partial charge in [-0.2, -0.15) is 0 Å². The van der Waals surface area contributed by atoms with Gasteiger partial charge in [0.25, 0.3) is 5.24 Å². The van der Waals surface area contributed by atoms with Gasteiger partial charge in [0.1, 0.15) is 0 Å². The van der Waals surface area contributed by atoms with Gasteiger partial charge in [0.05, 0.1) is 22.4 Å². The average molecular weight is 381 g/mol. The van der Waals surface area contributed by atoms with E-state index in [0.717, 1.165) is 6.20 Å². The van der Waals surface area contributed by atoms with Gasteiger partial charge in [-0.05, 0) is 34.2 Å². The van der Waals surface area contributed by atoms with Crippen LogP contribution in [0.3, 0.4) is 0 Å². The van der Waals surface area contributed by atoms with Crippen LogP contribution in [0.4, 0.5) is 13.2 Å². The highest BCUT2D eigenvalue weighted by Crippen LogP contribution is 2.33. The number of aromatic nitrogens is 1. The number of rotatable bonds is 3. The molecule has 1 heterocycles. The molecule has 1 rings (SSSR count). The molecule has 0 saturated heterocycles. The fourth-order valence-corrected chi connectivity index (χ4v) is 2.08. The molecule has 0 amide bonds. The summed E-state index contributed by atoms with van der Waals surface area (Å²) >= 11 is 6.72. The number of halogens is 5. The van der Waals surface area contributed by atoms with Crippen LogP contribution in [-0.4, -0.2) is 23.7 Å². The summed E-state index contributed by atoms with van der Waals surface area (Å²) in [4.78, 5) is 14.5. The maximum Gasteiger partial charge on any atom is 0.574 e. The van der Waals surface area contributed by atoms with Crippen LogP contribution in [0, 0.1) is 3.57 Å². The number of carbonyl (C=O) groups is 1. The van der Waals surface area contributed by atoms with Crippen LogP contribution in [0.5, 0.6) is 11.6 Å². The molecule has 0 unspecified atom stereocenters. The summed E-state index contributed by atoms with van der Waals surface area (Å²) in [7, 11) is 1.24. The Morgan fingerprint density at radius 1 is 1.53 bits per heavy atom. The predicted octanol–water partition coefficient (Wildman–Crippen LogP) is 2.97. The van der Waals surface area contributed by atoms with Crippen LogP contribution in [0.2, 0.25) is 0 Å². The SMILES string of the molecule is COc1cnc(OC(F)(F)F)c(I)c1C(=O)Cl. The molecule has 0 atom stereocenters. The van der Waals surface area contributed by atoms with Crippen molar-refractivity contribution in [2.24, 2.45) is 0 Å². The molecule has 0 fully saturated rings. The maximum atomic E-state index is 12.0. The topological polar surface area (TPSA) is 48.4 Å². The van der Waals surface area contributed by atoms with Gasteiger partial charge >= 0.3 is 6.36 Å². The molecule has 17 heavy (non-hydrogen) atoms. The lowest BCUT2D eigenvalue weighted by Crippen LogP contribution is -2.19. The van der Waals surface area contributed by atoms with Gasteiger partial charge in [0.15, 0.2) is 5.75 Å². The van der Waals surface area contributed by atoms with E-state index < -0.39 is 17.5 Å². The summed E-state index contributed by atoms with van der Waals surface area (Å²) < 4.78 is 44.3. The van der Waals surface area contributed by atoms with Gasteiger partial charge < -0.3 is 9.47 Å². The number of ether oxygens (including phenoxy) is 2.